The summed E-state index contributed by atoms with van der Waals surface area (Å²) in [5, 5.41) is 4.59. The molecule has 0 bridgehead atoms. The van der Waals surface area contributed by atoms with Gasteiger partial charge in [0, 0.05) is 40.9 Å². The summed E-state index contributed by atoms with van der Waals surface area (Å²) in [6.07, 6.45) is -2.16. The third kappa shape index (κ3) is 6.77. The first-order valence-electron chi connectivity index (χ1n) is 12.6. The van der Waals surface area contributed by atoms with Crippen molar-refractivity contribution >= 4 is 43.8 Å². The molecule has 0 fully saturated rings. The number of aromatic nitrogens is 1. The highest BCUT2D eigenvalue weighted by Gasteiger charge is 2.40. The fraction of sp³-hybridized carbons (Fsp3) is 0.370. The fourth-order valence-corrected chi connectivity index (χ4v) is 7.32. The van der Waals surface area contributed by atoms with Crippen molar-refractivity contribution in [2.75, 3.05) is 37.9 Å². The van der Waals surface area contributed by atoms with Crippen LogP contribution in [0, 0.1) is 5.82 Å². The maximum Gasteiger partial charge on any atom is 0.412 e. The summed E-state index contributed by atoms with van der Waals surface area (Å²) < 4.78 is 95.0. The van der Waals surface area contributed by atoms with Gasteiger partial charge in [0.1, 0.15) is 22.2 Å². The summed E-state index contributed by atoms with van der Waals surface area (Å²) in [5.74, 6) is -0.233. The molecule has 0 unspecified atom stereocenters. The number of nitrogens with one attached hydrogen (secondary N) is 1. The van der Waals surface area contributed by atoms with Crippen LogP contribution in [-0.4, -0.2) is 64.9 Å². The van der Waals surface area contributed by atoms with Crippen molar-refractivity contribution in [3.63, 3.8) is 0 Å². The quantitative estimate of drug-likeness (QED) is 0.203. The van der Waals surface area contributed by atoms with Gasteiger partial charge in [0.25, 0.3) is 10.0 Å². The van der Waals surface area contributed by atoms with Gasteiger partial charge in [-0.2, -0.15) is 13.2 Å². The highest BCUT2D eigenvalue weighted by atomic mass is 35.5. The Hall–Kier alpha value is -3.07. The van der Waals surface area contributed by atoms with Crippen LogP contribution in [0.5, 0.6) is 11.5 Å². The van der Waals surface area contributed by atoms with Crippen molar-refractivity contribution in [3.05, 3.63) is 70.0 Å². The predicted octanol–water partition coefficient (Wildman–Crippen LogP) is 6.34. The van der Waals surface area contributed by atoms with Crippen molar-refractivity contribution in [1.82, 2.24) is 9.88 Å². The van der Waals surface area contributed by atoms with Crippen LogP contribution >= 0.6 is 22.9 Å². The van der Waals surface area contributed by atoms with Gasteiger partial charge < -0.3 is 19.7 Å². The minimum absolute atomic E-state index is 0.0111. The Balaban J connectivity index is 1.68. The molecule has 1 heterocycles. The van der Waals surface area contributed by atoms with Crippen LogP contribution in [0.25, 0.3) is 0 Å². The van der Waals surface area contributed by atoms with E-state index >= 15 is 4.39 Å². The molecule has 3 aromatic rings. The molecule has 0 radical (unpaired) electrons. The highest BCUT2D eigenvalue weighted by molar-refractivity contribution is 7.93. The van der Waals surface area contributed by atoms with Gasteiger partial charge in [-0.1, -0.05) is 17.7 Å². The Morgan fingerprint density at radius 3 is 2.50 bits per heavy atom. The molecule has 0 aliphatic heterocycles. The SMILES string of the molecule is COc1ccc(CN(c2nccs2)S(=O)(=O)c2cc(Cl)c(N[C@H]3CC=C(C(F)(F)F)C[C@@H]3N(C)C)cc2F)c(OC)c1. The van der Waals surface area contributed by atoms with E-state index < -0.39 is 44.6 Å². The summed E-state index contributed by atoms with van der Waals surface area (Å²) in [7, 11) is 1.67. The van der Waals surface area contributed by atoms with Crippen LogP contribution in [0.15, 0.2) is 58.5 Å². The topological polar surface area (TPSA) is 84.0 Å². The number of halogens is 5. The molecule has 15 heteroatoms. The zero-order valence-corrected chi connectivity index (χ0v) is 25.5. The number of likely N-dealkylation sites (N-methyl/N-ethyl adjacent to an activating group) is 1. The Morgan fingerprint density at radius 2 is 1.90 bits per heavy atom. The lowest BCUT2D eigenvalue weighted by Gasteiger charge is -2.37. The second-order valence-corrected chi connectivity index (χ2v) is 12.8. The van der Waals surface area contributed by atoms with Gasteiger partial charge in [0.05, 0.1) is 31.5 Å². The average Bonchev–Trinajstić information content (AvgIpc) is 3.47. The van der Waals surface area contributed by atoms with Gasteiger partial charge in [0.2, 0.25) is 0 Å². The van der Waals surface area contributed by atoms with E-state index in [2.05, 4.69) is 10.3 Å². The Labute approximate surface area is 250 Å². The first-order valence-corrected chi connectivity index (χ1v) is 15.3. The number of thiazole rings is 1. The van der Waals surface area contributed by atoms with Gasteiger partial charge in [-0.25, -0.2) is 22.1 Å². The molecule has 4 rings (SSSR count). The molecule has 0 saturated heterocycles. The zero-order valence-electron chi connectivity index (χ0n) is 23.1. The first-order chi connectivity index (χ1) is 19.8. The van der Waals surface area contributed by atoms with E-state index in [0.29, 0.717) is 17.1 Å². The van der Waals surface area contributed by atoms with E-state index in [1.54, 1.807) is 42.6 Å². The number of hydrogen-bond donors (Lipinski definition) is 1. The number of ether oxygens (including phenoxy) is 2. The van der Waals surface area contributed by atoms with Gasteiger partial charge in [-0.15, -0.1) is 11.3 Å². The lowest BCUT2D eigenvalue weighted by Crippen LogP contribution is -2.46. The second kappa shape index (κ2) is 12.7. The number of sulfonamides is 1. The molecule has 42 heavy (non-hydrogen) atoms. The van der Waals surface area contributed by atoms with Gasteiger partial charge in [-0.05, 0) is 51.2 Å². The van der Waals surface area contributed by atoms with E-state index in [9.17, 15) is 21.6 Å². The molecule has 0 amide bonds. The van der Waals surface area contributed by atoms with Crippen LogP contribution in [0.2, 0.25) is 5.02 Å². The molecule has 1 aromatic heterocycles. The summed E-state index contributed by atoms with van der Waals surface area (Å²) in [6, 6.07) is 5.69. The van der Waals surface area contributed by atoms with Gasteiger partial charge in [0.15, 0.2) is 5.13 Å². The molecule has 2 aromatic carbocycles. The monoisotopic (exact) mass is 648 g/mol. The number of hydrogen-bond acceptors (Lipinski definition) is 8. The summed E-state index contributed by atoms with van der Waals surface area (Å²) in [6.45, 7) is -0.236. The highest BCUT2D eigenvalue weighted by Crippen LogP contribution is 2.38. The van der Waals surface area contributed by atoms with Crippen molar-refractivity contribution in [3.8, 4) is 11.5 Å². The van der Waals surface area contributed by atoms with Gasteiger partial charge in [-0.3, -0.25) is 0 Å². The second-order valence-electron chi connectivity index (χ2n) is 9.72. The molecule has 8 nitrogen and oxygen atoms in total. The summed E-state index contributed by atoms with van der Waals surface area (Å²) in [5.41, 5.74) is -0.0969. The number of nitrogens with zero attached hydrogens (tertiary/aromatic N) is 3. The standard InChI is InChI=1S/C27H29ClF4N4O4S2/c1-35(2)23-11-17(27(30,31)32)6-8-21(23)34-22-14-20(29)25(13-19(22)28)42(37,38)36(26-33-9-10-41-26)15-16-5-7-18(39-3)12-24(16)40-4/h5-7,9-10,12-14,21,23,34H,8,11,15H2,1-4H3/t21-,23-/m0/s1. The molecular weight excluding hydrogens is 620 g/mol. The third-order valence-corrected chi connectivity index (χ3v) is 9.88. The lowest BCUT2D eigenvalue weighted by atomic mass is 9.89. The van der Waals surface area contributed by atoms with Crippen molar-refractivity contribution < 1.29 is 35.5 Å². The zero-order chi connectivity index (χ0) is 30.8. The number of benzene rings is 2. The molecule has 228 valence electrons. The number of anilines is 2. The lowest BCUT2D eigenvalue weighted by molar-refractivity contribution is -0.0970. The van der Waals surface area contributed by atoms with Crippen molar-refractivity contribution in [2.24, 2.45) is 0 Å². The maximum absolute atomic E-state index is 15.6. The molecule has 1 N–H and O–H groups in total. The average molecular weight is 649 g/mol. The van der Waals surface area contributed by atoms with Crippen LogP contribution < -0.4 is 19.1 Å². The number of rotatable bonds is 10. The van der Waals surface area contributed by atoms with E-state index in [4.69, 9.17) is 21.1 Å². The van der Waals surface area contributed by atoms with Crippen LogP contribution in [0.4, 0.5) is 28.4 Å². The minimum Gasteiger partial charge on any atom is -0.497 e. The van der Waals surface area contributed by atoms with E-state index in [1.807, 2.05) is 0 Å². The Bertz CT molecular complexity index is 1550. The molecular formula is C27H29ClF4N4O4S2. The normalized spacial score (nSPS) is 17.6. The number of methoxy groups -OCH3 is 2. The van der Waals surface area contributed by atoms with E-state index in [0.717, 1.165) is 33.9 Å². The first kappa shape index (κ1) is 31.9. The maximum atomic E-state index is 15.6. The minimum atomic E-state index is -4.55. The predicted molar refractivity (Wildman–Crippen MR) is 155 cm³/mol. The summed E-state index contributed by atoms with van der Waals surface area (Å²) >= 11 is 7.50. The fourth-order valence-electron chi connectivity index (χ4n) is 4.69. The molecule has 0 spiro atoms. The van der Waals surface area contributed by atoms with E-state index in [-0.39, 0.29) is 35.2 Å². The van der Waals surface area contributed by atoms with Crippen LogP contribution in [-0.2, 0) is 16.6 Å². The largest absolute Gasteiger partial charge is 0.497 e. The smallest absolute Gasteiger partial charge is 0.412 e. The third-order valence-electron chi connectivity index (χ3n) is 6.91. The van der Waals surface area contributed by atoms with Crippen LogP contribution in [0.1, 0.15) is 18.4 Å². The van der Waals surface area contributed by atoms with Crippen LogP contribution in [0.3, 0.4) is 0 Å². The van der Waals surface area contributed by atoms with E-state index in [1.165, 1.54) is 20.4 Å². The van der Waals surface area contributed by atoms with Gasteiger partial charge >= 0.3 is 6.18 Å². The number of alkyl halides is 3. The Kier molecular flexibility index (Phi) is 9.60. The van der Waals surface area contributed by atoms with Crippen molar-refractivity contribution in [1.29, 1.82) is 0 Å². The molecule has 1 aliphatic carbocycles. The molecule has 0 saturated carbocycles. The Morgan fingerprint density at radius 1 is 1.17 bits per heavy atom. The van der Waals surface area contributed by atoms with Crippen molar-refractivity contribution in [2.45, 2.75) is 42.5 Å². The summed E-state index contributed by atoms with van der Waals surface area (Å²) in [4.78, 5) is 5.10. The molecule has 1 aliphatic rings. The molecule has 2 atom stereocenters.